The number of amides is 2. The Bertz CT molecular complexity index is 1080. The summed E-state index contributed by atoms with van der Waals surface area (Å²) in [6, 6.07) is 9.17. The van der Waals surface area contributed by atoms with Gasteiger partial charge in [0.25, 0.3) is 0 Å². The van der Waals surface area contributed by atoms with E-state index in [-0.39, 0.29) is 11.8 Å². The molecule has 32 heavy (non-hydrogen) atoms. The van der Waals surface area contributed by atoms with Crippen LogP contribution >= 0.6 is 0 Å². The van der Waals surface area contributed by atoms with Gasteiger partial charge in [0.1, 0.15) is 6.04 Å². The highest BCUT2D eigenvalue weighted by atomic mass is 16.2. The van der Waals surface area contributed by atoms with Gasteiger partial charge < -0.3 is 10.2 Å². The molecule has 166 valence electrons. The van der Waals surface area contributed by atoms with Gasteiger partial charge in [0, 0.05) is 42.9 Å². The van der Waals surface area contributed by atoms with E-state index in [0.29, 0.717) is 31.5 Å². The number of piperidine rings is 1. The molecular weight excluding hydrogens is 404 g/mol. The van der Waals surface area contributed by atoms with Crippen molar-refractivity contribution in [1.82, 2.24) is 24.6 Å². The van der Waals surface area contributed by atoms with E-state index in [4.69, 9.17) is 0 Å². The molecule has 0 unspecified atom stereocenters. The first-order chi connectivity index (χ1) is 15.5. The van der Waals surface area contributed by atoms with Crippen LogP contribution in [0.3, 0.4) is 0 Å². The Hall–Kier alpha value is -3.55. The van der Waals surface area contributed by atoms with Gasteiger partial charge >= 0.3 is 0 Å². The Morgan fingerprint density at radius 1 is 1.12 bits per heavy atom. The van der Waals surface area contributed by atoms with E-state index in [2.05, 4.69) is 20.4 Å². The van der Waals surface area contributed by atoms with Crippen LogP contribution in [0.1, 0.15) is 42.8 Å². The lowest BCUT2D eigenvalue weighted by Crippen LogP contribution is -2.50. The van der Waals surface area contributed by atoms with Gasteiger partial charge in [-0.05, 0) is 69.9 Å². The molecule has 1 saturated heterocycles. The minimum absolute atomic E-state index is 0.0182. The average Bonchev–Trinajstić information content (AvgIpc) is 3.16. The molecule has 1 N–H and O–H groups in total. The second-order valence-corrected chi connectivity index (χ2v) is 8.17. The number of likely N-dealkylation sites (tertiary alicyclic amines) is 1. The number of aryl methyl sites for hydroxylation is 3. The van der Waals surface area contributed by atoms with Crippen LogP contribution in [0, 0.1) is 13.8 Å². The first kappa shape index (κ1) is 21.7. The van der Waals surface area contributed by atoms with Crippen LogP contribution in [0.25, 0.3) is 5.69 Å². The number of rotatable bonds is 6. The Labute approximate surface area is 187 Å². The average molecular weight is 433 g/mol. The zero-order valence-electron chi connectivity index (χ0n) is 18.5. The highest BCUT2D eigenvalue weighted by Crippen LogP contribution is 2.21. The number of carbonyl (C=O) groups excluding carboxylic acids is 2. The Balaban J connectivity index is 1.39. The highest BCUT2D eigenvalue weighted by Gasteiger charge is 2.31. The molecule has 1 aromatic carbocycles. The number of nitrogens with zero attached hydrogens (tertiary/aromatic N) is 5. The van der Waals surface area contributed by atoms with E-state index in [9.17, 15) is 9.59 Å². The Morgan fingerprint density at radius 3 is 2.62 bits per heavy atom. The molecule has 8 heteroatoms. The second-order valence-electron chi connectivity index (χ2n) is 8.17. The molecule has 2 amide bonds. The fraction of sp³-hybridized carbons (Fsp3) is 0.375. The molecule has 0 aliphatic carbocycles. The fourth-order valence-electron chi connectivity index (χ4n) is 4.14. The smallest absolute Gasteiger partial charge is 0.247 e. The van der Waals surface area contributed by atoms with E-state index >= 15 is 0 Å². The highest BCUT2D eigenvalue weighted by molar-refractivity contribution is 5.97. The summed E-state index contributed by atoms with van der Waals surface area (Å²) < 4.78 is 1.87. The number of hydrogen-bond donors (Lipinski definition) is 1. The largest absolute Gasteiger partial charge is 0.331 e. The summed E-state index contributed by atoms with van der Waals surface area (Å²) in [5.74, 6) is -0.160. The minimum atomic E-state index is -0.450. The summed E-state index contributed by atoms with van der Waals surface area (Å²) >= 11 is 0. The van der Waals surface area contributed by atoms with Crippen molar-refractivity contribution in [1.29, 1.82) is 0 Å². The van der Waals surface area contributed by atoms with Crippen molar-refractivity contribution < 1.29 is 9.59 Å². The first-order valence-corrected chi connectivity index (χ1v) is 11.0. The van der Waals surface area contributed by atoms with Crippen molar-refractivity contribution >= 4 is 17.5 Å². The van der Waals surface area contributed by atoms with Crippen LogP contribution in [0.5, 0.6) is 0 Å². The molecule has 1 fully saturated rings. The number of carbonyl (C=O) groups is 2. The molecule has 1 aliphatic rings. The minimum Gasteiger partial charge on any atom is -0.331 e. The lowest BCUT2D eigenvalue weighted by Gasteiger charge is -2.34. The van der Waals surface area contributed by atoms with E-state index in [1.54, 1.807) is 23.5 Å². The number of aromatic nitrogens is 4. The molecule has 4 rings (SSSR count). The van der Waals surface area contributed by atoms with Gasteiger partial charge in [-0.3, -0.25) is 19.6 Å². The van der Waals surface area contributed by atoms with Gasteiger partial charge in [0.05, 0.1) is 17.1 Å². The van der Waals surface area contributed by atoms with Crippen molar-refractivity contribution in [2.45, 2.75) is 52.0 Å². The van der Waals surface area contributed by atoms with Gasteiger partial charge in [-0.15, -0.1) is 0 Å². The molecule has 0 saturated carbocycles. The molecular formula is C24H28N6O2. The van der Waals surface area contributed by atoms with Gasteiger partial charge in [0.2, 0.25) is 11.8 Å². The van der Waals surface area contributed by atoms with E-state index in [1.165, 1.54) is 0 Å². The van der Waals surface area contributed by atoms with Crippen molar-refractivity contribution in [3.05, 3.63) is 66.0 Å². The predicted molar refractivity (Wildman–Crippen MR) is 121 cm³/mol. The van der Waals surface area contributed by atoms with E-state index in [0.717, 1.165) is 35.6 Å². The molecule has 3 heterocycles. The monoisotopic (exact) mass is 432 g/mol. The lowest BCUT2D eigenvalue weighted by molar-refractivity contribution is -0.140. The normalized spacial score (nSPS) is 16.1. The quantitative estimate of drug-likeness (QED) is 0.646. The predicted octanol–water partition coefficient (Wildman–Crippen LogP) is 3.23. The zero-order valence-corrected chi connectivity index (χ0v) is 18.5. The van der Waals surface area contributed by atoms with Crippen LogP contribution in [0.4, 0.5) is 5.69 Å². The lowest BCUT2D eigenvalue weighted by atomic mass is 10.00. The molecule has 3 aromatic rings. The van der Waals surface area contributed by atoms with Crippen LogP contribution < -0.4 is 5.32 Å². The van der Waals surface area contributed by atoms with Crippen LogP contribution in [0.2, 0.25) is 0 Å². The number of anilines is 1. The third-order valence-electron chi connectivity index (χ3n) is 5.73. The van der Waals surface area contributed by atoms with Crippen LogP contribution in [0.15, 0.2) is 48.9 Å². The molecule has 2 aromatic heterocycles. The molecule has 0 spiro atoms. The Morgan fingerprint density at radius 2 is 1.94 bits per heavy atom. The molecule has 0 radical (unpaired) electrons. The number of nitrogens with one attached hydrogen (secondary N) is 1. The third kappa shape index (κ3) is 5.01. The fourth-order valence-corrected chi connectivity index (χ4v) is 4.14. The maximum Gasteiger partial charge on any atom is 0.247 e. The number of benzene rings is 1. The molecule has 1 aliphatic heterocycles. The van der Waals surface area contributed by atoms with Gasteiger partial charge in [-0.25, -0.2) is 4.68 Å². The zero-order chi connectivity index (χ0) is 22.5. The van der Waals surface area contributed by atoms with Crippen molar-refractivity contribution in [2.24, 2.45) is 0 Å². The maximum absolute atomic E-state index is 13.0. The van der Waals surface area contributed by atoms with Crippen molar-refractivity contribution in [3.8, 4) is 5.69 Å². The van der Waals surface area contributed by atoms with Gasteiger partial charge in [0.15, 0.2) is 0 Å². The summed E-state index contributed by atoms with van der Waals surface area (Å²) in [4.78, 5) is 35.9. The Kier molecular flexibility index (Phi) is 6.58. The summed E-state index contributed by atoms with van der Waals surface area (Å²) in [6.45, 7) is 4.57. The van der Waals surface area contributed by atoms with E-state index in [1.807, 2.05) is 48.9 Å². The second kappa shape index (κ2) is 9.72. The van der Waals surface area contributed by atoms with E-state index < -0.39 is 6.04 Å². The summed E-state index contributed by atoms with van der Waals surface area (Å²) in [7, 11) is 0. The van der Waals surface area contributed by atoms with Crippen molar-refractivity contribution in [2.75, 3.05) is 11.9 Å². The molecule has 8 nitrogen and oxygen atoms in total. The SMILES string of the molecule is Cc1cc(C)n(-c2ccc(NC(=O)[C@H]3CCCCN3C(=O)CCc3cnccn3)cc2)n1. The topological polar surface area (TPSA) is 93.0 Å². The maximum atomic E-state index is 13.0. The number of hydrogen-bond acceptors (Lipinski definition) is 5. The van der Waals surface area contributed by atoms with Crippen LogP contribution in [-0.2, 0) is 16.0 Å². The standard InChI is InChI=1S/C24H28N6O2/c1-17-15-18(2)30(28-17)21-9-6-19(7-10-21)27-24(32)22-5-3-4-14-29(22)23(31)11-8-20-16-25-12-13-26-20/h6-7,9-10,12-13,15-16,22H,3-5,8,11,14H2,1-2H3,(H,27,32)/t22-/m1/s1. The third-order valence-corrected chi connectivity index (χ3v) is 5.73. The van der Waals surface area contributed by atoms with Gasteiger partial charge in [-0.1, -0.05) is 0 Å². The summed E-state index contributed by atoms with van der Waals surface area (Å²) in [6.07, 6.45) is 8.26. The van der Waals surface area contributed by atoms with Crippen LogP contribution in [-0.4, -0.2) is 49.0 Å². The molecule has 1 atom stereocenters. The summed E-state index contributed by atoms with van der Waals surface area (Å²) in [5, 5.41) is 7.47. The van der Waals surface area contributed by atoms with Crippen molar-refractivity contribution in [3.63, 3.8) is 0 Å². The molecule has 0 bridgehead atoms. The summed E-state index contributed by atoms with van der Waals surface area (Å²) in [5.41, 5.74) is 4.44. The van der Waals surface area contributed by atoms with Gasteiger partial charge in [-0.2, -0.15) is 5.10 Å². The first-order valence-electron chi connectivity index (χ1n) is 11.0.